The van der Waals surface area contributed by atoms with Gasteiger partial charge in [0.1, 0.15) is 0 Å². The normalized spacial score (nSPS) is 21.6. The Kier molecular flexibility index (Phi) is 4.17. The van der Waals surface area contributed by atoms with Crippen molar-refractivity contribution in [1.82, 2.24) is 5.32 Å². The van der Waals surface area contributed by atoms with E-state index in [-0.39, 0.29) is 24.2 Å². The van der Waals surface area contributed by atoms with Crippen LogP contribution in [0.4, 0.5) is 5.69 Å². The monoisotopic (exact) mass is 323 g/mol. The van der Waals surface area contributed by atoms with Crippen molar-refractivity contribution in [3.8, 4) is 0 Å². The molecule has 2 aliphatic heterocycles. The van der Waals surface area contributed by atoms with E-state index in [1.807, 2.05) is 12.1 Å². The van der Waals surface area contributed by atoms with Crippen LogP contribution in [0.3, 0.4) is 0 Å². The summed E-state index contributed by atoms with van der Waals surface area (Å²) in [7, 11) is 0. The average molecular weight is 324 g/mol. The summed E-state index contributed by atoms with van der Waals surface area (Å²) in [5.41, 5.74) is 0.659. The van der Waals surface area contributed by atoms with Crippen molar-refractivity contribution < 1.29 is 9.59 Å². The topological polar surface area (TPSA) is 61.8 Å². The van der Waals surface area contributed by atoms with Gasteiger partial charge in [0, 0.05) is 18.7 Å². The van der Waals surface area contributed by atoms with Gasteiger partial charge in [-0.3, -0.25) is 14.6 Å². The number of hydrogen-bond donors (Lipinski definition) is 1. The third kappa shape index (κ3) is 3.06. The fraction of sp³-hybridized carbons (Fsp3) is 0.357. The van der Waals surface area contributed by atoms with Gasteiger partial charge in [-0.05, 0) is 12.1 Å². The highest BCUT2D eigenvalue weighted by atomic mass is 35.5. The minimum atomic E-state index is -0.363. The number of halogens is 1. The van der Waals surface area contributed by atoms with Gasteiger partial charge in [0.05, 0.1) is 23.2 Å². The zero-order valence-electron chi connectivity index (χ0n) is 11.2. The highest BCUT2D eigenvalue weighted by molar-refractivity contribution is 8.14. The van der Waals surface area contributed by atoms with Gasteiger partial charge in [-0.1, -0.05) is 35.5 Å². The lowest BCUT2D eigenvalue weighted by molar-refractivity contribution is -0.125. The van der Waals surface area contributed by atoms with E-state index >= 15 is 0 Å². The molecule has 21 heavy (non-hydrogen) atoms. The van der Waals surface area contributed by atoms with Crippen molar-refractivity contribution in [3.05, 3.63) is 29.3 Å². The molecule has 3 rings (SSSR count). The summed E-state index contributed by atoms with van der Waals surface area (Å²) < 4.78 is 0. The van der Waals surface area contributed by atoms with Crippen LogP contribution in [0, 0.1) is 5.92 Å². The number of rotatable bonds is 2. The van der Waals surface area contributed by atoms with E-state index in [1.54, 1.807) is 17.0 Å². The van der Waals surface area contributed by atoms with Gasteiger partial charge in [0.2, 0.25) is 11.8 Å². The maximum atomic E-state index is 12.2. The van der Waals surface area contributed by atoms with Crippen LogP contribution in [0.2, 0.25) is 5.02 Å². The summed E-state index contributed by atoms with van der Waals surface area (Å²) in [5.74, 6) is 0.304. The molecule has 2 heterocycles. The van der Waals surface area contributed by atoms with Crippen LogP contribution < -0.4 is 10.2 Å². The molecule has 2 aliphatic rings. The molecule has 110 valence electrons. The molecule has 0 bridgehead atoms. The number of carbonyl (C=O) groups excluding carboxylic acids is 2. The number of benzene rings is 1. The van der Waals surface area contributed by atoms with E-state index in [0.717, 1.165) is 12.3 Å². The molecular weight excluding hydrogens is 310 g/mol. The van der Waals surface area contributed by atoms with Gasteiger partial charge < -0.3 is 10.2 Å². The van der Waals surface area contributed by atoms with Crippen LogP contribution in [0.15, 0.2) is 29.3 Å². The number of nitrogens with zero attached hydrogens (tertiary/aromatic N) is 2. The van der Waals surface area contributed by atoms with Crippen LogP contribution in [-0.4, -0.2) is 35.8 Å². The summed E-state index contributed by atoms with van der Waals surface area (Å²) >= 11 is 7.65. The number of amidine groups is 1. The molecule has 1 saturated heterocycles. The number of aliphatic imine (C=N–C) groups is 1. The Hall–Kier alpha value is -1.53. The lowest BCUT2D eigenvalue weighted by atomic mass is 10.1. The quantitative estimate of drug-likeness (QED) is 0.904. The lowest BCUT2D eigenvalue weighted by Gasteiger charge is -2.17. The van der Waals surface area contributed by atoms with E-state index in [4.69, 9.17) is 11.6 Å². The second-order valence-corrected chi connectivity index (χ2v) is 6.37. The Morgan fingerprint density at radius 3 is 2.95 bits per heavy atom. The van der Waals surface area contributed by atoms with Gasteiger partial charge >= 0.3 is 0 Å². The van der Waals surface area contributed by atoms with Gasteiger partial charge in [-0.2, -0.15) is 0 Å². The third-order valence-electron chi connectivity index (χ3n) is 3.45. The number of hydrogen-bond acceptors (Lipinski definition) is 4. The van der Waals surface area contributed by atoms with Gasteiger partial charge in [0.15, 0.2) is 5.17 Å². The van der Waals surface area contributed by atoms with Crippen molar-refractivity contribution in [2.75, 3.05) is 23.7 Å². The summed E-state index contributed by atoms with van der Waals surface area (Å²) in [6, 6.07) is 7.16. The van der Waals surface area contributed by atoms with Crippen molar-refractivity contribution in [2.45, 2.75) is 6.42 Å². The molecule has 0 aliphatic carbocycles. The smallest absolute Gasteiger partial charge is 0.231 e. The number of anilines is 1. The van der Waals surface area contributed by atoms with E-state index in [0.29, 0.717) is 22.4 Å². The molecule has 0 saturated carbocycles. The molecular formula is C14H14ClN3O2S. The summed E-state index contributed by atoms with van der Waals surface area (Å²) in [6.07, 6.45) is 0.203. The fourth-order valence-corrected chi connectivity index (χ4v) is 3.37. The maximum absolute atomic E-state index is 12.2. The van der Waals surface area contributed by atoms with E-state index in [9.17, 15) is 9.59 Å². The van der Waals surface area contributed by atoms with Crippen molar-refractivity contribution in [3.63, 3.8) is 0 Å². The zero-order valence-corrected chi connectivity index (χ0v) is 12.8. The van der Waals surface area contributed by atoms with E-state index < -0.39 is 0 Å². The summed E-state index contributed by atoms with van der Waals surface area (Å²) in [6.45, 7) is 1.09. The van der Waals surface area contributed by atoms with Crippen LogP contribution >= 0.6 is 23.4 Å². The van der Waals surface area contributed by atoms with Gasteiger partial charge in [0.25, 0.3) is 0 Å². The molecule has 1 N–H and O–H groups in total. The second-order valence-electron chi connectivity index (χ2n) is 4.88. The number of para-hydroxylation sites is 1. The molecule has 0 radical (unpaired) electrons. The second kappa shape index (κ2) is 6.07. The minimum Gasteiger partial charge on any atom is -0.310 e. The molecule has 0 spiro atoms. The SMILES string of the molecule is O=C(NC1=NCCS1)C1CC(=O)N(c2ccccc2Cl)C1. The molecule has 5 nitrogen and oxygen atoms in total. The van der Waals surface area contributed by atoms with Gasteiger partial charge in [-0.25, -0.2) is 0 Å². The Balaban J connectivity index is 1.69. The summed E-state index contributed by atoms with van der Waals surface area (Å²) in [4.78, 5) is 30.1. The van der Waals surface area contributed by atoms with Crippen molar-refractivity contribution >= 4 is 46.0 Å². The Bertz CT molecular complexity index is 620. The fourth-order valence-electron chi connectivity index (χ4n) is 2.40. The molecule has 1 aromatic carbocycles. The summed E-state index contributed by atoms with van der Waals surface area (Å²) in [5, 5.41) is 3.96. The molecule has 1 fully saturated rings. The molecule has 7 heteroatoms. The third-order valence-corrected chi connectivity index (χ3v) is 4.67. The Labute approximate surface area is 131 Å². The Morgan fingerprint density at radius 2 is 2.24 bits per heavy atom. The van der Waals surface area contributed by atoms with E-state index in [1.165, 1.54) is 11.8 Å². The number of carbonyl (C=O) groups is 2. The number of thioether (sulfide) groups is 1. The minimum absolute atomic E-state index is 0.0794. The maximum Gasteiger partial charge on any atom is 0.231 e. The molecule has 1 unspecified atom stereocenters. The molecule has 1 atom stereocenters. The number of amides is 2. The van der Waals surface area contributed by atoms with Crippen LogP contribution in [-0.2, 0) is 9.59 Å². The highest BCUT2D eigenvalue weighted by Crippen LogP contribution is 2.31. The van der Waals surface area contributed by atoms with E-state index in [2.05, 4.69) is 10.3 Å². The highest BCUT2D eigenvalue weighted by Gasteiger charge is 2.36. The molecule has 1 aromatic rings. The van der Waals surface area contributed by atoms with Crippen LogP contribution in [0.1, 0.15) is 6.42 Å². The van der Waals surface area contributed by atoms with Crippen LogP contribution in [0.5, 0.6) is 0 Å². The first-order valence-corrected chi connectivity index (χ1v) is 8.04. The predicted octanol–water partition coefficient (Wildman–Crippen LogP) is 1.91. The number of nitrogens with one attached hydrogen (secondary N) is 1. The average Bonchev–Trinajstić information content (AvgIpc) is 3.09. The predicted molar refractivity (Wildman–Crippen MR) is 84.8 cm³/mol. The molecule has 2 amide bonds. The zero-order chi connectivity index (χ0) is 14.8. The van der Waals surface area contributed by atoms with Crippen LogP contribution in [0.25, 0.3) is 0 Å². The van der Waals surface area contributed by atoms with Crippen molar-refractivity contribution in [1.29, 1.82) is 0 Å². The largest absolute Gasteiger partial charge is 0.310 e. The van der Waals surface area contributed by atoms with Crippen molar-refractivity contribution in [2.24, 2.45) is 10.9 Å². The first-order valence-electron chi connectivity index (χ1n) is 6.68. The lowest BCUT2D eigenvalue weighted by Crippen LogP contribution is -2.35. The first kappa shape index (κ1) is 14.4. The first-order chi connectivity index (χ1) is 10.1. The Morgan fingerprint density at radius 1 is 1.43 bits per heavy atom. The molecule has 0 aromatic heterocycles. The standard InChI is InChI=1S/C14H14ClN3O2S/c15-10-3-1-2-4-11(10)18-8-9(7-12(18)19)13(20)17-14-16-5-6-21-14/h1-4,9H,5-8H2,(H,16,17,20). The van der Waals surface area contributed by atoms with Gasteiger partial charge in [-0.15, -0.1) is 0 Å².